The summed E-state index contributed by atoms with van der Waals surface area (Å²) in [7, 11) is 1.86. The molecule has 1 amide bonds. The van der Waals surface area contributed by atoms with Crippen molar-refractivity contribution in [2.75, 3.05) is 20.2 Å². The number of carbonyl (C=O) groups is 1. The molecule has 3 N–H and O–H groups in total. The standard InChI is InChI=1S/C19H25N5O3/c1-3-17-22-18(23-27-17)12-4-6-13-11(8-12)5-7-14(13)21-19(26)15-9-20-16(10-25)24(15)2/h4,6,8,14-16,20,25H,3,5,7,9-10H2,1-2H3,(H,21,26)/t14-,15?,16?/m1/s1. The number of aliphatic hydroxyl groups excluding tert-OH is 1. The summed E-state index contributed by atoms with van der Waals surface area (Å²) in [5.74, 6) is 1.23. The second-order valence-electron chi connectivity index (χ2n) is 7.17. The molecule has 2 heterocycles. The Morgan fingerprint density at radius 1 is 1.48 bits per heavy atom. The maximum atomic E-state index is 12.7. The van der Waals surface area contributed by atoms with E-state index in [4.69, 9.17) is 4.52 Å². The highest BCUT2D eigenvalue weighted by Gasteiger charge is 2.36. The van der Waals surface area contributed by atoms with Gasteiger partial charge in [0, 0.05) is 18.5 Å². The lowest BCUT2D eigenvalue weighted by atomic mass is 10.0. The first-order chi connectivity index (χ1) is 13.1. The molecule has 0 bridgehead atoms. The predicted octanol–water partition coefficient (Wildman–Crippen LogP) is 0.625. The first-order valence-corrected chi connectivity index (χ1v) is 9.43. The number of benzene rings is 1. The summed E-state index contributed by atoms with van der Waals surface area (Å²) in [5.41, 5.74) is 3.31. The Bertz CT molecular complexity index is 837. The highest BCUT2D eigenvalue weighted by molar-refractivity contribution is 5.83. The average molecular weight is 371 g/mol. The van der Waals surface area contributed by atoms with Gasteiger partial charge in [-0.15, -0.1) is 0 Å². The number of fused-ring (bicyclic) bond motifs is 1. The van der Waals surface area contributed by atoms with Crippen molar-refractivity contribution in [3.8, 4) is 11.4 Å². The molecular weight excluding hydrogens is 346 g/mol. The number of nitrogens with one attached hydrogen (secondary N) is 2. The minimum atomic E-state index is -0.266. The highest BCUT2D eigenvalue weighted by atomic mass is 16.5. The van der Waals surface area contributed by atoms with Gasteiger partial charge >= 0.3 is 0 Å². The quantitative estimate of drug-likeness (QED) is 0.708. The number of hydrogen-bond donors (Lipinski definition) is 3. The van der Waals surface area contributed by atoms with Crippen LogP contribution in [0.1, 0.15) is 36.4 Å². The fourth-order valence-electron chi connectivity index (χ4n) is 3.91. The van der Waals surface area contributed by atoms with Crippen molar-refractivity contribution in [2.24, 2.45) is 0 Å². The molecule has 2 unspecified atom stereocenters. The number of hydrogen-bond acceptors (Lipinski definition) is 7. The molecule has 1 aromatic heterocycles. The van der Waals surface area contributed by atoms with E-state index in [0.29, 0.717) is 24.7 Å². The molecule has 1 aliphatic carbocycles. The highest BCUT2D eigenvalue weighted by Crippen LogP contribution is 2.34. The van der Waals surface area contributed by atoms with Crippen molar-refractivity contribution in [3.63, 3.8) is 0 Å². The second kappa shape index (κ2) is 7.38. The van der Waals surface area contributed by atoms with E-state index < -0.39 is 0 Å². The Balaban J connectivity index is 1.47. The monoisotopic (exact) mass is 371 g/mol. The van der Waals surface area contributed by atoms with Crippen LogP contribution in [0.3, 0.4) is 0 Å². The van der Waals surface area contributed by atoms with Gasteiger partial charge in [0.2, 0.25) is 17.6 Å². The minimum absolute atomic E-state index is 0.00590. The maximum Gasteiger partial charge on any atom is 0.239 e. The number of aryl methyl sites for hydroxylation is 2. The molecule has 2 aromatic rings. The molecule has 1 aliphatic heterocycles. The maximum absolute atomic E-state index is 12.7. The van der Waals surface area contributed by atoms with Crippen LogP contribution in [0.15, 0.2) is 22.7 Å². The number of aromatic nitrogens is 2. The Labute approximate surface area is 157 Å². The third kappa shape index (κ3) is 3.36. The first-order valence-electron chi connectivity index (χ1n) is 9.43. The van der Waals surface area contributed by atoms with E-state index in [-0.39, 0.29) is 30.8 Å². The smallest absolute Gasteiger partial charge is 0.239 e. The lowest BCUT2D eigenvalue weighted by molar-refractivity contribution is -0.126. The van der Waals surface area contributed by atoms with Gasteiger partial charge in [-0.1, -0.05) is 24.2 Å². The van der Waals surface area contributed by atoms with Crippen molar-refractivity contribution < 1.29 is 14.4 Å². The number of carbonyl (C=O) groups excluding carboxylic acids is 1. The summed E-state index contributed by atoms with van der Waals surface area (Å²) in [6.07, 6.45) is 2.34. The molecule has 0 saturated carbocycles. The van der Waals surface area contributed by atoms with Crippen molar-refractivity contribution in [1.82, 2.24) is 25.7 Å². The fraction of sp³-hybridized carbons (Fsp3) is 0.526. The van der Waals surface area contributed by atoms with E-state index >= 15 is 0 Å². The summed E-state index contributed by atoms with van der Waals surface area (Å²) in [6, 6.07) is 5.88. The number of aliphatic hydroxyl groups is 1. The summed E-state index contributed by atoms with van der Waals surface area (Å²) >= 11 is 0. The Hall–Kier alpha value is -2.29. The molecule has 2 aliphatic rings. The molecule has 0 spiro atoms. The van der Waals surface area contributed by atoms with Gasteiger partial charge in [-0.3, -0.25) is 15.0 Å². The number of nitrogens with zero attached hydrogens (tertiary/aromatic N) is 3. The van der Waals surface area contributed by atoms with E-state index in [1.54, 1.807) is 0 Å². The van der Waals surface area contributed by atoms with Crippen LogP contribution in [0.2, 0.25) is 0 Å². The van der Waals surface area contributed by atoms with Crippen molar-refractivity contribution in [1.29, 1.82) is 0 Å². The van der Waals surface area contributed by atoms with E-state index in [9.17, 15) is 9.90 Å². The van der Waals surface area contributed by atoms with Gasteiger partial charge < -0.3 is 14.9 Å². The van der Waals surface area contributed by atoms with Crippen molar-refractivity contribution in [3.05, 3.63) is 35.2 Å². The fourth-order valence-corrected chi connectivity index (χ4v) is 3.91. The summed E-state index contributed by atoms with van der Waals surface area (Å²) in [4.78, 5) is 19.0. The van der Waals surface area contributed by atoms with Crippen molar-refractivity contribution in [2.45, 2.75) is 44.4 Å². The van der Waals surface area contributed by atoms with Gasteiger partial charge in [0.25, 0.3) is 0 Å². The summed E-state index contributed by atoms with van der Waals surface area (Å²) < 4.78 is 5.20. The van der Waals surface area contributed by atoms with Crippen LogP contribution in [-0.4, -0.2) is 58.5 Å². The van der Waals surface area contributed by atoms with E-state index in [0.717, 1.165) is 24.0 Å². The Morgan fingerprint density at radius 2 is 2.33 bits per heavy atom. The topological polar surface area (TPSA) is 104 Å². The molecule has 8 nitrogen and oxygen atoms in total. The van der Waals surface area contributed by atoms with Gasteiger partial charge in [-0.05, 0) is 37.1 Å². The molecule has 4 rings (SSSR count). The molecular formula is C19H25N5O3. The molecule has 1 saturated heterocycles. The van der Waals surface area contributed by atoms with E-state index in [1.807, 2.05) is 24.9 Å². The second-order valence-corrected chi connectivity index (χ2v) is 7.17. The van der Waals surface area contributed by atoms with Gasteiger partial charge in [-0.25, -0.2) is 0 Å². The first kappa shape index (κ1) is 18.1. The Morgan fingerprint density at radius 3 is 3.04 bits per heavy atom. The number of likely N-dealkylation sites (N-methyl/N-ethyl adjacent to an activating group) is 1. The van der Waals surface area contributed by atoms with Crippen LogP contribution < -0.4 is 10.6 Å². The van der Waals surface area contributed by atoms with E-state index in [2.05, 4.69) is 32.9 Å². The lowest BCUT2D eigenvalue weighted by Crippen LogP contribution is -2.46. The molecule has 3 atom stereocenters. The van der Waals surface area contributed by atoms with Gasteiger partial charge in [0.15, 0.2) is 0 Å². The van der Waals surface area contributed by atoms with Crippen LogP contribution in [0, 0.1) is 0 Å². The molecule has 27 heavy (non-hydrogen) atoms. The van der Waals surface area contributed by atoms with Crippen molar-refractivity contribution >= 4 is 5.91 Å². The zero-order valence-electron chi connectivity index (χ0n) is 15.6. The molecule has 0 radical (unpaired) electrons. The molecule has 144 valence electrons. The van der Waals surface area contributed by atoms with E-state index in [1.165, 1.54) is 5.56 Å². The van der Waals surface area contributed by atoms with Crippen LogP contribution in [0.5, 0.6) is 0 Å². The van der Waals surface area contributed by atoms with Crippen LogP contribution >= 0.6 is 0 Å². The SMILES string of the molecule is CCc1nc(-c2ccc3c(c2)CC[C@H]3NC(=O)C2CNC(CO)N2C)no1. The zero-order valence-corrected chi connectivity index (χ0v) is 15.6. The van der Waals surface area contributed by atoms with Gasteiger partial charge in [0.05, 0.1) is 18.8 Å². The van der Waals surface area contributed by atoms with Gasteiger partial charge in [0.1, 0.15) is 6.04 Å². The van der Waals surface area contributed by atoms with Crippen LogP contribution in [0.4, 0.5) is 0 Å². The third-order valence-electron chi connectivity index (χ3n) is 5.57. The molecule has 1 aromatic carbocycles. The zero-order chi connectivity index (χ0) is 19.0. The largest absolute Gasteiger partial charge is 0.393 e. The lowest BCUT2D eigenvalue weighted by Gasteiger charge is -2.24. The summed E-state index contributed by atoms with van der Waals surface area (Å²) in [6.45, 7) is 2.52. The number of amides is 1. The van der Waals surface area contributed by atoms with Gasteiger partial charge in [-0.2, -0.15) is 4.98 Å². The van der Waals surface area contributed by atoms with Crippen LogP contribution in [-0.2, 0) is 17.6 Å². The van der Waals surface area contributed by atoms with Crippen LogP contribution in [0.25, 0.3) is 11.4 Å². The molecule has 1 fully saturated rings. The molecule has 8 heteroatoms. The third-order valence-corrected chi connectivity index (χ3v) is 5.57. The Kier molecular flexibility index (Phi) is 4.94. The summed E-state index contributed by atoms with van der Waals surface area (Å²) in [5, 5.41) is 19.7. The normalized spacial score (nSPS) is 24.9. The number of rotatable bonds is 5. The minimum Gasteiger partial charge on any atom is -0.393 e. The average Bonchev–Trinajstić information content (AvgIpc) is 3.39. The predicted molar refractivity (Wildman–Crippen MR) is 98.7 cm³/mol.